The van der Waals surface area contributed by atoms with E-state index < -0.39 is 5.91 Å². The highest BCUT2D eigenvalue weighted by Crippen LogP contribution is 2.11. The first-order valence-corrected chi connectivity index (χ1v) is 5.80. The summed E-state index contributed by atoms with van der Waals surface area (Å²) in [6, 6.07) is 0. The second kappa shape index (κ2) is 8.21. The zero-order chi connectivity index (χ0) is 10.9. The first kappa shape index (κ1) is 13.9. The monoisotopic (exact) mass is 203 g/mol. The van der Waals surface area contributed by atoms with Crippen LogP contribution in [0.15, 0.2) is 0 Å². The van der Waals surface area contributed by atoms with Gasteiger partial charge >= 0.3 is 0 Å². The molecule has 0 atom stereocenters. The Morgan fingerprint density at radius 2 is 1.29 bits per heavy atom. The van der Waals surface area contributed by atoms with Crippen molar-refractivity contribution in [1.29, 1.82) is 0 Å². The molecular formula is C11H25NO2. The molecule has 0 rings (SSSR count). The molecule has 14 heavy (non-hydrogen) atoms. The number of hydrogen-bond acceptors (Lipinski definition) is 3. The van der Waals surface area contributed by atoms with E-state index in [0.717, 1.165) is 12.8 Å². The second-order valence-corrected chi connectivity index (χ2v) is 4.10. The minimum absolute atomic E-state index is 0.280. The van der Waals surface area contributed by atoms with Crippen LogP contribution >= 0.6 is 0 Å². The number of rotatable bonds is 9. The molecule has 0 aromatic rings. The van der Waals surface area contributed by atoms with Gasteiger partial charge in [-0.3, -0.25) is 5.73 Å². The summed E-state index contributed by atoms with van der Waals surface area (Å²) in [6.07, 6.45) is 9.82. The van der Waals surface area contributed by atoms with Crippen molar-refractivity contribution in [2.24, 2.45) is 5.73 Å². The van der Waals surface area contributed by atoms with Crippen LogP contribution in [0.1, 0.15) is 64.7 Å². The van der Waals surface area contributed by atoms with Gasteiger partial charge in [0.05, 0.1) is 0 Å². The first-order chi connectivity index (χ1) is 6.56. The molecule has 0 radical (unpaired) electrons. The highest BCUT2D eigenvalue weighted by Gasteiger charge is 2.13. The van der Waals surface area contributed by atoms with E-state index in [0.29, 0.717) is 0 Å². The average Bonchev–Trinajstić information content (AvgIpc) is 2.08. The van der Waals surface area contributed by atoms with E-state index in [4.69, 9.17) is 15.9 Å². The Kier molecular flexibility index (Phi) is 8.14. The summed E-state index contributed by atoms with van der Waals surface area (Å²) in [7, 11) is 0. The fourth-order valence-corrected chi connectivity index (χ4v) is 1.52. The van der Waals surface area contributed by atoms with Crippen LogP contribution in [0.5, 0.6) is 0 Å². The van der Waals surface area contributed by atoms with Crippen LogP contribution < -0.4 is 5.73 Å². The summed E-state index contributed by atoms with van der Waals surface area (Å²) in [5.41, 5.74) is 5.03. The molecule has 0 unspecified atom stereocenters. The Bertz CT molecular complexity index is 121. The van der Waals surface area contributed by atoms with Crippen LogP contribution in [0.3, 0.4) is 0 Å². The van der Waals surface area contributed by atoms with Gasteiger partial charge in [-0.2, -0.15) is 0 Å². The predicted octanol–water partition coefficient (Wildman–Crippen LogP) is 2.11. The van der Waals surface area contributed by atoms with Crippen molar-refractivity contribution in [3.05, 3.63) is 0 Å². The molecule has 3 nitrogen and oxygen atoms in total. The van der Waals surface area contributed by atoms with E-state index in [-0.39, 0.29) is 6.42 Å². The molecule has 0 aromatic carbocycles. The van der Waals surface area contributed by atoms with Gasteiger partial charge in [0.1, 0.15) is 0 Å². The van der Waals surface area contributed by atoms with Gasteiger partial charge in [0.2, 0.25) is 5.91 Å². The van der Waals surface area contributed by atoms with Crippen LogP contribution in [-0.4, -0.2) is 16.1 Å². The number of unbranched alkanes of at least 4 members (excludes halogenated alkanes) is 7. The van der Waals surface area contributed by atoms with E-state index in [1.165, 1.54) is 38.5 Å². The van der Waals surface area contributed by atoms with Crippen LogP contribution in [0, 0.1) is 0 Å². The van der Waals surface area contributed by atoms with E-state index in [1.807, 2.05) is 0 Å². The maximum atomic E-state index is 8.82. The predicted molar refractivity (Wildman–Crippen MR) is 58.6 cm³/mol. The quantitative estimate of drug-likeness (QED) is 0.397. The molecule has 0 heterocycles. The summed E-state index contributed by atoms with van der Waals surface area (Å²) in [5.74, 6) is -1.96. The zero-order valence-electron chi connectivity index (χ0n) is 9.34. The summed E-state index contributed by atoms with van der Waals surface area (Å²) >= 11 is 0. The van der Waals surface area contributed by atoms with Crippen LogP contribution in [0.25, 0.3) is 0 Å². The molecule has 0 spiro atoms. The molecule has 0 aliphatic carbocycles. The van der Waals surface area contributed by atoms with Crippen molar-refractivity contribution in [2.45, 2.75) is 70.6 Å². The van der Waals surface area contributed by atoms with E-state index >= 15 is 0 Å². The molecule has 0 aromatic heterocycles. The molecule has 0 saturated carbocycles. The van der Waals surface area contributed by atoms with Gasteiger partial charge in [0.15, 0.2) is 0 Å². The number of hydrogen-bond donors (Lipinski definition) is 3. The minimum Gasteiger partial charge on any atom is -0.354 e. The third-order valence-corrected chi connectivity index (χ3v) is 2.40. The Morgan fingerprint density at radius 1 is 0.857 bits per heavy atom. The molecule has 3 heteroatoms. The SMILES string of the molecule is CCCCCCCCCCC(N)(O)O. The molecular weight excluding hydrogens is 178 g/mol. The third-order valence-electron chi connectivity index (χ3n) is 2.40. The molecule has 0 aliphatic heterocycles. The third kappa shape index (κ3) is 11.9. The van der Waals surface area contributed by atoms with Crippen molar-refractivity contribution in [1.82, 2.24) is 0 Å². The minimum atomic E-state index is -1.96. The normalized spacial score (nSPS) is 12.0. The summed E-state index contributed by atoms with van der Waals surface area (Å²) < 4.78 is 0. The van der Waals surface area contributed by atoms with Crippen LogP contribution in [0.4, 0.5) is 0 Å². The van der Waals surface area contributed by atoms with Gasteiger partial charge in [0.25, 0.3) is 0 Å². The lowest BCUT2D eigenvalue weighted by molar-refractivity contribution is -0.160. The fourth-order valence-electron chi connectivity index (χ4n) is 1.52. The zero-order valence-corrected chi connectivity index (χ0v) is 9.34. The Labute approximate surface area is 87.3 Å². The second-order valence-electron chi connectivity index (χ2n) is 4.10. The Hall–Kier alpha value is -0.120. The maximum Gasteiger partial charge on any atom is 0.219 e. The van der Waals surface area contributed by atoms with E-state index in [9.17, 15) is 0 Å². The van der Waals surface area contributed by atoms with Gasteiger partial charge in [-0.25, -0.2) is 0 Å². The van der Waals surface area contributed by atoms with Gasteiger partial charge in [0, 0.05) is 6.42 Å². The largest absolute Gasteiger partial charge is 0.354 e. The highest BCUT2D eigenvalue weighted by molar-refractivity contribution is 4.54. The van der Waals surface area contributed by atoms with E-state index in [2.05, 4.69) is 6.92 Å². The van der Waals surface area contributed by atoms with Crippen molar-refractivity contribution in [3.8, 4) is 0 Å². The molecule has 86 valence electrons. The van der Waals surface area contributed by atoms with Crippen molar-refractivity contribution in [2.75, 3.05) is 0 Å². The number of aliphatic hydroxyl groups is 2. The van der Waals surface area contributed by atoms with Gasteiger partial charge in [-0.05, 0) is 6.42 Å². The fraction of sp³-hybridized carbons (Fsp3) is 1.00. The van der Waals surface area contributed by atoms with Crippen molar-refractivity contribution < 1.29 is 10.2 Å². The lowest BCUT2D eigenvalue weighted by Gasteiger charge is -2.14. The van der Waals surface area contributed by atoms with Gasteiger partial charge in [-0.1, -0.05) is 51.9 Å². The van der Waals surface area contributed by atoms with Crippen molar-refractivity contribution >= 4 is 0 Å². The summed E-state index contributed by atoms with van der Waals surface area (Å²) in [6.45, 7) is 2.21. The summed E-state index contributed by atoms with van der Waals surface area (Å²) in [5, 5.41) is 17.6. The average molecular weight is 203 g/mol. The van der Waals surface area contributed by atoms with Crippen molar-refractivity contribution in [3.63, 3.8) is 0 Å². The molecule has 4 N–H and O–H groups in total. The topological polar surface area (TPSA) is 66.5 Å². The lowest BCUT2D eigenvalue weighted by Crippen LogP contribution is -2.38. The smallest absolute Gasteiger partial charge is 0.219 e. The standard InChI is InChI=1S/C11H25NO2/c1-2-3-4-5-6-7-8-9-10-11(12,13)14/h13-14H,2-10,12H2,1H3. The number of nitrogens with two attached hydrogens (primary N) is 1. The maximum absolute atomic E-state index is 8.82. The molecule has 0 saturated heterocycles. The molecule has 0 aliphatic rings. The van der Waals surface area contributed by atoms with Crippen LogP contribution in [-0.2, 0) is 0 Å². The molecule has 0 amide bonds. The lowest BCUT2D eigenvalue weighted by atomic mass is 10.1. The summed E-state index contributed by atoms with van der Waals surface area (Å²) in [4.78, 5) is 0. The highest BCUT2D eigenvalue weighted by atomic mass is 16.5. The van der Waals surface area contributed by atoms with Gasteiger partial charge in [-0.15, -0.1) is 0 Å². The molecule has 0 fully saturated rings. The van der Waals surface area contributed by atoms with E-state index in [1.54, 1.807) is 0 Å². The van der Waals surface area contributed by atoms with Gasteiger partial charge < -0.3 is 10.2 Å². The Morgan fingerprint density at radius 3 is 1.71 bits per heavy atom. The molecule has 0 bridgehead atoms. The Balaban J connectivity index is 2.99. The van der Waals surface area contributed by atoms with Crippen LogP contribution in [0.2, 0.25) is 0 Å². The first-order valence-electron chi connectivity index (χ1n) is 5.80.